The van der Waals surface area contributed by atoms with Crippen LogP contribution in [0.15, 0.2) is 11.1 Å². The Morgan fingerprint density at radius 3 is 2.94 bits per heavy atom. The maximum Gasteiger partial charge on any atom is 0.271 e. The molecule has 100 valence electrons. The third kappa shape index (κ3) is 3.23. The molecular formula is C12H19ClN4O. The lowest BCUT2D eigenvalue weighted by Crippen LogP contribution is -2.39. The predicted molar refractivity (Wildman–Crippen MR) is 73.2 cm³/mol. The number of hydrogen-bond acceptors (Lipinski definition) is 4. The fourth-order valence-corrected chi connectivity index (χ4v) is 2.45. The van der Waals surface area contributed by atoms with Gasteiger partial charge in [-0.2, -0.15) is 0 Å². The average Bonchev–Trinajstić information content (AvgIpc) is 2.38. The van der Waals surface area contributed by atoms with Gasteiger partial charge >= 0.3 is 0 Å². The standard InChI is InChI=1S/C12H19ClN4O/c1-2-5-17-6-3-9(4-7-17)16-11-10(13)12(18)15-8-14-11/h8-9H,2-7H2,1H3,(H2,14,15,16,18). The largest absolute Gasteiger partial charge is 0.366 e. The molecule has 1 fully saturated rings. The number of hydrogen-bond donors (Lipinski definition) is 2. The van der Waals surface area contributed by atoms with Crippen molar-refractivity contribution in [3.8, 4) is 0 Å². The molecule has 0 spiro atoms. The zero-order valence-electron chi connectivity index (χ0n) is 10.6. The lowest BCUT2D eigenvalue weighted by atomic mass is 10.0. The van der Waals surface area contributed by atoms with Crippen LogP contribution in [0.3, 0.4) is 0 Å². The van der Waals surface area contributed by atoms with Crippen LogP contribution in [0, 0.1) is 0 Å². The first-order valence-corrected chi connectivity index (χ1v) is 6.80. The monoisotopic (exact) mass is 270 g/mol. The van der Waals surface area contributed by atoms with Gasteiger partial charge < -0.3 is 15.2 Å². The summed E-state index contributed by atoms with van der Waals surface area (Å²) in [6.07, 6.45) is 4.69. The van der Waals surface area contributed by atoms with Crippen LogP contribution in [0.5, 0.6) is 0 Å². The topological polar surface area (TPSA) is 61.0 Å². The highest BCUT2D eigenvalue weighted by Crippen LogP contribution is 2.18. The summed E-state index contributed by atoms with van der Waals surface area (Å²) in [5, 5.41) is 3.41. The number of aromatic nitrogens is 2. The first-order valence-electron chi connectivity index (χ1n) is 6.42. The minimum absolute atomic E-state index is 0.147. The first-order chi connectivity index (χ1) is 8.70. The molecule has 0 atom stereocenters. The van der Waals surface area contributed by atoms with E-state index in [0.29, 0.717) is 11.9 Å². The molecule has 2 heterocycles. The highest BCUT2D eigenvalue weighted by molar-refractivity contribution is 6.32. The van der Waals surface area contributed by atoms with E-state index < -0.39 is 0 Å². The first kappa shape index (κ1) is 13.4. The smallest absolute Gasteiger partial charge is 0.271 e. The fraction of sp³-hybridized carbons (Fsp3) is 0.667. The average molecular weight is 271 g/mol. The van der Waals surface area contributed by atoms with Gasteiger partial charge in [-0.25, -0.2) is 4.98 Å². The molecule has 0 aromatic carbocycles. The number of nitrogens with zero attached hydrogens (tertiary/aromatic N) is 2. The Morgan fingerprint density at radius 2 is 2.28 bits per heavy atom. The van der Waals surface area contributed by atoms with Crippen molar-refractivity contribution in [2.45, 2.75) is 32.2 Å². The molecular weight excluding hydrogens is 252 g/mol. The summed E-state index contributed by atoms with van der Waals surface area (Å²) < 4.78 is 0. The van der Waals surface area contributed by atoms with Crippen LogP contribution in [0.1, 0.15) is 26.2 Å². The summed E-state index contributed by atoms with van der Waals surface area (Å²) in [5.74, 6) is 0.495. The molecule has 1 aliphatic rings. The van der Waals surface area contributed by atoms with Gasteiger partial charge in [-0.1, -0.05) is 18.5 Å². The zero-order chi connectivity index (χ0) is 13.0. The Bertz CT molecular complexity index is 440. The summed E-state index contributed by atoms with van der Waals surface area (Å²) >= 11 is 5.91. The summed E-state index contributed by atoms with van der Waals surface area (Å²) in [6, 6.07) is 0.352. The molecule has 1 aromatic heterocycles. The van der Waals surface area contributed by atoms with Crippen molar-refractivity contribution >= 4 is 17.4 Å². The second kappa shape index (κ2) is 6.20. The van der Waals surface area contributed by atoms with Gasteiger partial charge in [0.1, 0.15) is 5.02 Å². The Hall–Kier alpha value is -1.07. The maximum absolute atomic E-state index is 11.3. The van der Waals surface area contributed by atoms with E-state index in [-0.39, 0.29) is 10.6 Å². The van der Waals surface area contributed by atoms with Gasteiger partial charge in [0, 0.05) is 19.1 Å². The van der Waals surface area contributed by atoms with Gasteiger partial charge in [0.05, 0.1) is 6.33 Å². The minimum atomic E-state index is -0.294. The van der Waals surface area contributed by atoms with Crippen LogP contribution in [-0.4, -0.2) is 40.5 Å². The fourth-order valence-electron chi connectivity index (χ4n) is 2.29. The van der Waals surface area contributed by atoms with Gasteiger partial charge in [-0.15, -0.1) is 0 Å². The van der Waals surface area contributed by atoms with Crippen molar-refractivity contribution in [2.24, 2.45) is 0 Å². The molecule has 1 aromatic rings. The third-order valence-electron chi connectivity index (χ3n) is 3.26. The van der Waals surface area contributed by atoms with E-state index in [0.717, 1.165) is 32.5 Å². The lowest BCUT2D eigenvalue weighted by Gasteiger charge is -2.32. The molecule has 6 heteroatoms. The van der Waals surface area contributed by atoms with E-state index in [1.165, 1.54) is 12.7 Å². The number of likely N-dealkylation sites (tertiary alicyclic amines) is 1. The minimum Gasteiger partial charge on any atom is -0.366 e. The number of halogens is 1. The molecule has 5 nitrogen and oxygen atoms in total. The SMILES string of the molecule is CCCN1CCC(Nc2nc[nH]c(=O)c2Cl)CC1. The van der Waals surface area contributed by atoms with Crippen molar-refractivity contribution in [1.29, 1.82) is 0 Å². The van der Waals surface area contributed by atoms with Crippen LogP contribution >= 0.6 is 11.6 Å². The predicted octanol–water partition coefficient (Wildman–Crippen LogP) is 1.71. The molecule has 2 rings (SSSR count). The van der Waals surface area contributed by atoms with Gasteiger partial charge in [-0.05, 0) is 25.8 Å². The van der Waals surface area contributed by atoms with E-state index in [1.54, 1.807) is 0 Å². The summed E-state index contributed by atoms with van der Waals surface area (Å²) in [7, 11) is 0. The normalized spacial score (nSPS) is 17.9. The molecule has 0 aliphatic carbocycles. The van der Waals surface area contributed by atoms with Gasteiger partial charge in [0.15, 0.2) is 5.82 Å². The van der Waals surface area contributed by atoms with E-state index in [2.05, 4.69) is 27.1 Å². The van der Waals surface area contributed by atoms with Crippen LogP contribution in [0.4, 0.5) is 5.82 Å². The van der Waals surface area contributed by atoms with Crippen molar-refractivity contribution in [3.63, 3.8) is 0 Å². The van der Waals surface area contributed by atoms with E-state index >= 15 is 0 Å². The molecule has 18 heavy (non-hydrogen) atoms. The second-order valence-corrected chi connectivity index (χ2v) is 5.03. The highest BCUT2D eigenvalue weighted by Gasteiger charge is 2.19. The zero-order valence-corrected chi connectivity index (χ0v) is 11.3. The van der Waals surface area contributed by atoms with Crippen molar-refractivity contribution < 1.29 is 0 Å². The second-order valence-electron chi connectivity index (χ2n) is 4.65. The molecule has 1 saturated heterocycles. The number of nitrogens with one attached hydrogen (secondary N) is 2. The summed E-state index contributed by atoms with van der Waals surface area (Å²) in [5.41, 5.74) is -0.294. The van der Waals surface area contributed by atoms with E-state index in [9.17, 15) is 4.79 Å². The highest BCUT2D eigenvalue weighted by atomic mass is 35.5. The molecule has 2 N–H and O–H groups in total. The van der Waals surface area contributed by atoms with Crippen LogP contribution in [0.2, 0.25) is 5.02 Å². The number of rotatable bonds is 4. The Morgan fingerprint density at radius 1 is 1.56 bits per heavy atom. The van der Waals surface area contributed by atoms with Crippen molar-refractivity contribution in [3.05, 3.63) is 21.7 Å². The van der Waals surface area contributed by atoms with Gasteiger partial charge in [-0.3, -0.25) is 4.79 Å². The number of anilines is 1. The number of aromatic amines is 1. The number of piperidine rings is 1. The maximum atomic E-state index is 11.3. The Labute approximate surface area is 112 Å². The number of H-pyrrole nitrogens is 1. The Balaban J connectivity index is 1.92. The summed E-state index contributed by atoms with van der Waals surface area (Å²) in [4.78, 5) is 20.3. The Kier molecular flexibility index (Phi) is 4.60. The molecule has 0 radical (unpaired) electrons. The quantitative estimate of drug-likeness (QED) is 0.874. The van der Waals surface area contributed by atoms with Crippen LogP contribution in [0.25, 0.3) is 0 Å². The van der Waals surface area contributed by atoms with Crippen LogP contribution in [-0.2, 0) is 0 Å². The molecule has 1 aliphatic heterocycles. The molecule has 0 unspecified atom stereocenters. The van der Waals surface area contributed by atoms with Crippen molar-refractivity contribution in [2.75, 3.05) is 25.0 Å². The van der Waals surface area contributed by atoms with E-state index in [1.807, 2.05) is 0 Å². The molecule has 0 bridgehead atoms. The molecule has 0 amide bonds. The van der Waals surface area contributed by atoms with Gasteiger partial charge in [0.25, 0.3) is 5.56 Å². The third-order valence-corrected chi connectivity index (χ3v) is 3.62. The summed E-state index contributed by atoms with van der Waals surface area (Å²) in [6.45, 7) is 5.54. The molecule has 0 saturated carbocycles. The van der Waals surface area contributed by atoms with E-state index in [4.69, 9.17) is 11.6 Å². The lowest BCUT2D eigenvalue weighted by molar-refractivity contribution is 0.219. The van der Waals surface area contributed by atoms with Crippen LogP contribution < -0.4 is 10.9 Å². The van der Waals surface area contributed by atoms with Gasteiger partial charge in [0.2, 0.25) is 0 Å². The van der Waals surface area contributed by atoms with Crippen molar-refractivity contribution in [1.82, 2.24) is 14.9 Å².